The normalized spacial score (nSPS) is 16.3. The van der Waals surface area contributed by atoms with Crippen LogP contribution < -0.4 is 5.32 Å². The van der Waals surface area contributed by atoms with Crippen molar-refractivity contribution in [1.29, 1.82) is 0 Å². The Morgan fingerprint density at radius 3 is 3.00 bits per heavy atom. The molecule has 4 nitrogen and oxygen atoms in total. The second kappa shape index (κ2) is 6.22. The minimum atomic E-state index is -0.0604. The van der Waals surface area contributed by atoms with E-state index in [2.05, 4.69) is 5.32 Å². The summed E-state index contributed by atoms with van der Waals surface area (Å²) in [5.41, 5.74) is 0. The van der Waals surface area contributed by atoms with Crippen LogP contribution in [0.3, 0.4) is 0 Å². The first-order valence-electron chi connectivity index (χ1n) is 5.39. The maximum absolute atomic E-state index is 11.4. The van der Waals surface area contributed by atoms with E-state index < -0.39 is 0 Å². The Morgan fingerprint density at radius 1 is 1.60 bits per heavy atom. The van der Waals surface area contributed by atoms with Gasteiger partial charge in [0.1, 0.15) is 0 Å². The summed E-state index contributed by atoms with van der Waals surface area (Å²) in [6.07, 6.45) is 6.27. The highest BCUT2D eigenvalue weighted by atomic mass is 16.2. The highest BCUT2D eigenvalue weighted by Crippen LogP contribution is 2.08. The number of rotatable bonds is 5. The SMILES string of the molecule is C/C=C/CCNC(=O)CN1CCCC1=O. The van der Waals surface area contributed by atoms with Crippen molar-refractivity contribution in [2.75, 3.05) is 19.6 Å². The molecule has 1 heterocycles. The van der Waals surface area contributed by atoms with Gasteiger partial charge in [0, 0.05) is 19.5 Å². The number of hydrogen-bond donors (Lipinski definition) is 1. The molecule has 0 spiro atoms. The molecular weight excluding hydrogens is 192 g/mol. The Hall–Kier alpha value is -1.32. The van der Waals surface area contributed by atoms with Gasteiger partial charge in [-0.25, -0.2) is 0 Å². The summed E-state index contributed by atoms with van der Waals surface area (Å²) in [6, 6.07) is 0. The lowest BCUT2D eigenvalue weighted by atomic mass is 10.4. The number of carbonyl (C=O) groups excluding carboxylic acids is 2. The largest absolute Gasteiger partial charge is 0.354 e. The molecular formula is C11H18N2O2. The highest BCUT2D eigenvalue weighted by Gasteiger charge is 2.21. The zero-order valence-corrected chi connectivity index (χ0v) is 9.16. The molecule has 1 fully saturated rings. The van der Waals surface area contributed by atoms with Crippen molar-refractivity contribution in [2.24, 2.45) is 0 Å². The van der Waals surface area contributed by atoms with E-state index in [1.807, 2.05) is 19.1 Å². The van der Waals surface area contributed by atoms with Gasteiger partial charge in [-0.3, -0.25) is 9.59 Å². The maximum Gasteiger partial charge on any atom is 0.239 e. The number of hydrogen-bond acceptors (Lipinski definition) is 2. The average molecular weight is 210 g/mol. The van der Waals surface area contributed by atoms with Crippen LogP contribution in [-0.4, -0.2) is 36.3 Å². The van der Waals surface area contributed by atoms with Gasteiger partial charge in [0.05, 0.1) is 6.54 Å². The minimum Gasteiger partial charge on any atom is -0.354 e. The summed E-state index contributed by atoms with van der Waals surface area (Å²) in [7, 11) is 0. The molecule has 1 aliphatic heterocycles. The van der Waals surface area contributed by atoms with Crippen molar-refractivity contribution >= 4 is 11.8 Å². The van der Waals surface area contributed by atoms with E-state index in [0.29, 0.717) is 13.0 Å². The number of nitrogens with one attached hydrogen (secondary N) is 1. The zero-order chi connectivity index (χ0) is 11.1. The molecule has 1 aliphatic rings. The van der Waals surface area contributed by atoms with Crippen LogP contribution in [-0.2, 0) is 9.59 Å². The van der Waals surface area contributed by atoms with Gasteiger partial charge in [-0.1, -0.05) is 12.2 Å². The Balaban J connectivity index is 2.15. The van der Waals surface area contributed by atoms with E-state index in [4.69, 9.17) is 0 Å². The minimum absolute atomic E-state index is 0.0604. The molecule has 0 radical (unpaired) electrons. The molecule has 0 unspecified atom stereocenters. The van der Waals surface area contributed by atoms with Crippen LogP contribution in [0.15, 0.2) is 12.2 Å². The van der Waals surface area contributed by atoms with Gasteiger partial charge in [-0.15, -0.1) is 0 Å². The molecule has 0 aromatic carbocycles. The molecule has 1 rings (SSSR count). The van der Waals surface area contributed by atoms with Gasteiger partial charge in [0.25, 0.3) is 0 Å². The lowest BCUT2D eigenvalue weighted by molar-refractivity contribution is -0.133. The van der Waals surface area contributed by atoms with Crippen LogP contribution in [0, 0.1) is 0 Å². The lowest BCUT2D eigenvalue weighted by Gasteiger charge is -2.14. The molecule has 0 aromatic rings. The quantitative estimate of drug-likeness (QED) is 0.536. The highest BCUT2D eigenvalue weighted by molar-refractivity contribution is 5.85. The van der Waals surface area contributed by atoms with Gasteiger partial charge < -0.3 is 10.2 Å². The van der Waals surface area contributed by atoms with Crippen molar-refractivity contribution < 1.29 is 9.59 Å². The molecule has 2 amide bonds. The Morgan fingerprint density at radius 2 is 2.40 bits per heavy atom. The number of amides is 2. The Bertz CT molecular complexity index is 261. The van der Waals surface area contributed by atoms with Gasteiger partial charge >= 0.3 is 0 Å². The van der Waals surface area contributed by atoms with Crippen LogP contribution >= 0.6 is 0 Å². The van der Waals surface area contributed by atoms with Crippen molar-refractivity contribution in [3.8, 4) is 0 Å². The number of allylic oxidation sites excluding steroid dienone is 1. The van der Waals surface area contributed by atoms with Gasteiger partial charge in [-0.2, -0.15) is 0 Å². The first kappa shape index (κ1) is 11.8. The van der Waals surface area contributed by atoms with Gasteiger partial charge in [0.2, 0.25) is 11.8 Å². The fourth-order valence-corrected chi connectivity index (χ4v) is 1.56. The van der Waals surface area contributed by atoms with Crippen molar-refractivity contribution in [3.63, 3.8) is 0 Å². The van der Waals surface area contributed by atoms with Crippen LogP contribution in [0.4, 0.5) is 0 Å². The Kier molecular flexibility index (Phi) is 4.87. The van der Waals surface area contributed by atoms with E-state index in [1.54, 1.807) is 4.90 Å². The van der Waals surface area contributed by atoms with Crippen LogP contribution in [0.1, 0.15) is 26.2 Å². The third-order valence-electron chi connectivity index (χ3n) is 2.37. The van der Waals surface area contributed by atoms with Crippen molar-refractivity contribution in [2.45, 2.75) is 26.2 Å². The molecule has 15 heavy (non-hydrogen) atoms. The first-order valence-corrected chi connectivity index (χ1v) is 5.39. The molecule has 1 saturated heterocycles. The molecule has 84 valence electrons. The molecule has 1 N–H and O–H groups in total. The zero-order valence-electron chi connectivity index (χ0n) is 9.16. The van der Waals surface area contributed by atoms with E-state index in [0.717, 1.165) is 19.4 Å². The first-order chi connectivity index (χ1) is 7.24. The maximum atomic E-state index is 11.4. The molecule has 4 heteroatoms. The topological polar surface area (TPSA) is 49.4 Å². The average Bonchev–Trinajstić information content (AvgIpc) is 2.59. The van der Waals surface area contributed by atoms with E-state index in [1.165, 1.54) is 0 Å². The summed E-state index contributed by atoms with van der Waals surface area (Å²) in [5.74, 6) is 0.0355. The molecule has 0 bridgehead atoms. The van der Waals surface area contributed by atoms with E-state index in [9.17, 15) is 9.59 Å². The lowest BCUT2D eigenvalue weighted by Crippen LogP contribution is -2.38. The standard InChI is InChI=1S/C11H18N2O2/c1-2-3-4-7-12-10(14)9-13-8-5-6-11(13)15/h2-3H,4-9H2,1H3,(H,12,14)/b3-2+. The summed E-state index contributed by atoms with van der Waals surface area (Å²) in [4.78, 5) is 24.2. The van der Waals surface area contributed by atoms with Crippen LogP contribution in [0.2, 0.25) is 0 Å². The number of carbonyl (C=O) groups is 2. The van der Waals surface area contributed by atoms with Crippen LogP contribution in [0.5, 0.6) is 0 Å². The fraction of sp³-hybridized carbons (Fsp3) is 0.636. The summed E-state index contributed by atoms with van der Waals surface area (Å²) in [6.45, 7) is 3.53. The van der Waals surface area contributed by atoms with E-state index in [-0.39, 0.29) is 18.4 Å². The second-order valence-electron chi connectivity index (χ2n) is 3.63. The third kappa shape index (κ3) is 4.14. The molecule has 0 aliphatic carbocycles. The second-order valence-corrected chi connectivity index (χ2v) is 3.63. The molecule has 0 saturated carbocycles. The van der Waals surface area contributed by atoms with Crippen molar-refractivity contribution in [3.05, 3.63) is 12.2 Å². The van der Waals surface area contributed by atoms with Gasteiger partial charge in [0.15, 0.2) is 0 Å². The van der Waals surface area contributed by atoms with Crippen molar-refractivity contribution in [1.82, 2.24) is 10.2 Å². The summed E-state index contributed by atoms with van der Waals surface area (Å²) >= 11 is 0. The number of nitrogens with zero attached hydrogens (tertiary/aromatic N) is 1. The number of likely N-dealkylation sites (tertiary alicyclic amines) is 1. The molecule has 0 atom stereocenters. The Labute approximate surface area is 90.3 Å². The monoisotopic (exact) mass is 210 g/mol. The fourth-order valence-electron chi connectivity index (χ4n) is 1.56. The third-order valence-corrected chi connectivity index (χ3v) is 2.37. The molecule has 0 aromatic heterocycles. The predicted octanol–water partition coefficient (Wildman–Crippen LogP) is 0.691. The smallest absolute Gasteiger partial charge is 0.239 e. The van der Waals surface area contributed by atoms with E-state index >= 15 is 0 Å². The summed E-state index contributed by atoms with van der Waals surface area (Å²) < 4.78 is 0. The summed E-state index contributed by atoms with van der Waals surface area (Å²) in [5, 5.41) is 2.78. The van der Waals surface area contributed by atoms with Gasteiger partial charge in [-0.05, 0) is 19.8 Å². The van der Waals surface area contributed by atoms with Crippen LogP contribution in [0.25, 0.3) is 0 Å². The predicted molar refractivity (Wildman–Crippen MR) is 58.3 cm³/mol.